The van der Waals surface area contributed by atoms with Crippen molar-refractivity contribution in [3.05, 3.63) is 29.6 Å². The minimum atomic E-state index is -3.43. The Morgan fingerprint density at radius 3 is 2.80 bits per heavy atom. The molecule has 0 radical (unpaired) electrons. The maximum Gasteiger partial charge on any atom is 0.242 e. The maximum atomic E-state index is 13.6. The Kier molecular flexibility index (Phi) is 4.10. The van der Waals surface area contributed by atoms with E-state index < -0.39 is 27.8 Å². The number of nitrogens with zero attached hydrogens (tertiary/aromatic N) is 1. The summed E-state index contributed by atoms with van der Waals surface area (Å²) in [5.41, 5.74) is 0.892. The van der Waals surface area contributed by atoms with Crippen molar-refractivity contribution in [1.82, 2.24) is 4.31 Å². The number of aryl methyl sites for hydroxylation is 1. The monoisotopic (exact) mass is 300 g/mol. The Morgan fingerprint density at radius 1 is 1.45 bits per heavy atom. The molecule has 1 atom stereocenters. The van der Waals surface area contributed by atoms with Gasteiger partial charge in [-0.2, -0.15) is 4.31 Å². The summed E-state index contributed by atoms with van der Waals surface area (Å²) in [5.74, 6) is -1.02. The van der Waals surface area contributed by atoms with Crippen LogP contribution in [0.15, 0.2) is 18.2 Å². The predicted molar refractivity (Wildman–Crippen MR) is 74.3 cm³/mol. The normalized spacial score (nSPS) is 20.1. The van der Waals surface area contributed by atoms with E-state index >= 15 is 0 Å². The van der Waals surface area contributed by atoms with Gasteiger partial charge in [0.2, 0.25) is 15.9 Å². The highest BCUT2D eigenvalue weighted by atomic mass is 32.2. The smallest absolute Gasteiger partial charge is 0.242 e. The molecule has 1 amide bonds. The molecule has 1 fully saturated rings. The highest BCUT2D eigenvalue weighted by Crippen LogP contribution is 2.23. The van der Waals surface area contributed by atoms with Gasteiger partial charge < -0.3 is 5.32 Å². The number of amides is 1. The Morgan fingerprint density at radius 2 is 2.15 bits per heavy atom. The van der Waals surface area contributed by atoms with E-state index in [1.54, 1.807) is 13.0 Å². The van der Waals surface area contributed by atoms with Crippen molar-refractivity contribution in [2.45, 2.75) is 25.8 Å². The molecule has 20 heavy (non-hydrogen) atoms. The molecule has 1 N–H and O–H groups in total. The topological polar surface area (TPSA) is 66.5 Å². The van der Waals surface area contributed by atoms with Gasteiger partial charge in [-0.15, -0.1) is 0 Å². The zero-order chi connectivity index (χ0) is 14.9. The molecule has 1 aliphatic heterocycles. The molecular formula is C13H17FN2O3S. The molecule has 0 aliphatic carbocycles. The van der Waals surface area contributed by atoms with Crippen LogP contribution in [0.1, 0.15) is 18.4 Å². The van der Waals surface area contributed by atoms with Gasteiger partial charge in [0.15, 0.2) is 0 Å². The standard InChI is InChI=1S/C13H17FN2O3S/c1-9-5-6-10(14)11(8-9)15-13(17)12-4-3-7-16(12)20(2,18)19/h5-6,8,12H,3-4,7H2,1-2H3,(H,15,17)/t12-/m1/s1. The van der Waals surface area contributed by atoms with Gasteiger partial charge >= 0.3 is 0 Å². The Balaban J connectivity index is 2.18. The van der Waals surface area contributed by atoms with Crippen LogP contribution < -0.4 is 5.32 Å². The van der Waals surface area contributed by atoms with E-state index in [0.29, 0.717) is 19.4 Å². The molecule has 0 aromatic heterocycles. The van der Waals surface area contributed by atoms with E-state index in [4.69, 9.17) is 0 Å². The third-order valence-electron chi connectivity index (χ3n) is 3.31. The van der Waals surface area contributed by atoms with Gasteiger partial charge in [-0.05, 0) is 37.5 Å². The fraction of sp³-hybridized carbons (Fsp3) is 0.462. The third kappa shape index (κ3) is 3.16. The molecule has 1 saturated heterocycles. The second-order valence-corrected chi connectivity index (χ2v) is 6.94. The first-order valence-corrected chi connectivity index (χ1v) is 8.17. The lowest BCUT2D eigenvalue weighted by molar-refractivity contribution is -0.119. The van der Waals surface area contributed by atoms with Gasteiger partial charge in [-0.25, -0.2) is 12.8 Å². The van der Waals surface area contributed by atoms with Crippen LogP contribution in [-0.2, 0) is 14.8 Å². The van der Waals surface area contributed by atoms with E-state index in [0.717, 1.165) is 16.1 Å². The van der Waals surface area contributed by atoms with Crippen LogP contribution in [0.3, 0.4) is 0 Å². The molecule has 7 heteroatoms. The average molecular weight is 300 g/mol. The second-order valence-electron chi connectivity index (χ2n) is 5.00. The predicted octanol–water partition coefficient (Wildman–Crippen LogP) is 1.50. The van der Waals surface area contributed by atoms with Crippen LogP contribution in [0.4, 0.5) is 10.1 Å². The molecule has 0 unspecified atom stereocenters. The van der Waals surface area contributed by atoms with E-state index in [-0.39, 0.29) is 5.69 Å². The number of carbonyl (C=O) groups excluding carboxylic acids is 1. The minimum absolute atomic E-state index is 0.0790. The summed E-state index contributed by atoms with van der Waals surface area (Å²) in [6.07, 6.45) is 2.15. The van der Waals surface area contributed by atoms with Crippen molar-refractivity contribution in [2.24, 2.45) is 0 Å². The number of sulfonamides is 1. The summed E-state index contributed by atoms with van der Waals surface area (Å²) < 4.78 is 38.0. The number of hydrogen-bond acceptors (Lipinski definition) is 3. The van der Waals surface area contributed by atoms with Crippen LogP contribution in [0, 0.1) is 12.7 Å². The highest BCUT2D eigenvalue weighted by molar-refractivity contribution is 7.88. The molecule has 0 spiro atoms. The van der Waals surface area contributed by atoms with Gasteiger partial charge in [0.25, 0.3) is 0 Å². The Hall–Kier alpha value is -1.47. The summed E-state index contributed by atoms with van der Waals surface area (Å²) in [6.45, 7) is 2.11. The van der Waals surface area contributed by atoms with Gasteiger partial charge in [0.1, 0.15) is 11.9 Å². The summed E-state index contributed by atoms with van der Waals surface area (Å²) in [4.78, 5) is 12.2. The second kappa shape index (κ2) is 5.49. The van der Waals surface area contributed by atoms with Crippen molar-refractivity contribution in [2.75, 3.05) is 18.1 Å². The molecule has 0 bridgehead atoms. The first-order valence-electron chi connectivity index (χ1n) is 6.33. The number of carbonyl (C=O) groups is 1. The van der Waals surface area contributed by atoms with Crippen LogP contribution >= 0.6 is 0 Å². The average Bonchev–Trinajstić information content (AvgIpc) is 2.82. The highest BCUT2D eigenvalue weighted by Gasteiger charge is 2.36. The maximum absolute atomic E-state index is 13.6. The number of hydrogen-bond donors (Lipinski definition) is 1. The lowest BCUT2D eigenvalue weighted by atomic mass is 10.2. The largest absolute Gasteiger partial charge is 0.322 e. The minimum Gasteiger partial charge on any atom is -0.322 e. The third-order valence-corrected chi connectivity index (χ3v) is 4.60. The van der Waals surface area contributed by atoms with Crippen molar-refractivity contribution in [3.8, 4) is 0 Å². The lowest BCUT2D eigenvalue weighted by Crippen LogP contribution is -2.42. The summed E-state index contributed by atoms with van der Waals surface area (Å²) in [7, 11) is -3.43. The van der Waals surface area contributed by atoms with Crippen molar-refractivity contribution in [1.29, 1.82) is 0 Å². The molecule has 110 valence electrons. The molecule has 5 nitrogen and oxygen atoms in total. The first-order chi connectivity index (χ1) is 9.29. The van der Waals surface area contributed by atoms with E-state index in [2.05, 4.69) is 5.32 Å². The number of rotatable bonds is 3. The molecular weight excluding hydrogens is 283 g/mol. The number of benzene rings is 1. The summed E-state index contributed by atoms with van der Waals surface area (Å²) >= 11 is 0. The Bertz CT molecular complexity index is 631. The van der Waals surface area contributed by atoms with E-state index in [9.17, 15) is 17.6 Å². The zero-order valence-electron chi connectivity index (χ0n) is 11.4. The van der Waals surface area contributed by atoms with E-state index in [1.807, 2.05) is 0 Å². The van der Waals surface area contributed by atoms with Crippen LogP contribution in [0.5, 0.6) is 0 Å². The molecule has 1 aromatic carbocycles. The van der Waals surface area contributed by atoms with E-state index in [1.165, 1.54) is 12.1 Å². The first kappa shape index (κ1) is 14.9. The number of halogens is 1. The lowest BCUT2D eigenvalue weighted by Gasteiger charge is -2.21. The molecule has 1 aromatic rings. The van der Waals surface area contributed by atoms with Crippen molar-refractivity contribution < 1.29 is 17.6 Å². The van der Waals surface area contributed by atoms with Crippen LogP contribution in [0.2, 0.25) is 0 Å². The summed E-state index contributed by atoms with van der Waals surface area (Å²) in [5, 5.41) is 2.48. The molecule has 1 heterocycles. The number of anilines is 1. The Labute approximate surface area is 117 Å². The van der Waals surface area contributed by atoms with Gasteiger partial charge in [0, 0.05) is 6.54 Å². The zero-order valence-corrected chi connectivity index (χ0v) is 12.2. The van der Waals surface area contributed by atoms with Crippen LogP contribution in [-0.4, -0.2) is 37.5 Å². The fourth-order valence-electron chi connectivity index (χ4n) is 2.35. The summed E-state index contributed by atoms with van der Waals surface area (Å²) in [6, 6.07) is 3.63. The van der Waals surface area contributed by atoms with Crippen molar-refractivity contribution >= 4 is 21.6 Å². The quantitative estimate of drug-likeness (QED) is 0.920. The van der Waals surface area contributed by atoms with Gasteiger partial charge in [-0.3, -0.25) is 4.79 Å². The fourth-order valence-corrected chi connectivity index (χ4v) is 3.47. The van der Waals surface area contributed by atoms with Gasteiger partial charge in [-0.1, -0.05) is 6.07 Å². The molecule has 0 saturated carbocycles. The number of nitrogens with one attached hydrogen (secondary N) is 1. The van der Waals surface area contributed by atoms with Crippen molar-refractivity contribution in [3.63, 3.8) is 0 Å². The molecule has 1 aliphatic rings. The molecule has 2 rings (SSSR count). The van der Waals surface area contributed by atoms with Gasteiger partial charge in [0.05, 0.1) is 11.9 Å². The van der Waals surface area contributed by atoms with Crippen LogP contribution in [0.25, 0.3) is 0 Å². The SMILES string of the molecule is Cc1ccc(F)c(NC(=O)[C@H]2CCCN2S(C)(=O)=O)c1.